The van der Waals surface area contributed by atoms with Crippen molar-refractivity contribution in [2.24, 2.45) is 0 Å². The van der Waals surface area contributed by atoms with Gasteiger partial charge < -0.3 is 10.2 Å². The molecule has 1 N–H and O–H groups in total. The number of nitrogens with one attached hydrogen (secondary N) is 1. The number of hydrogen-bond donors (Lipinski definition) is 1. The van der Waals surface area contributed by atoms with Gasteiger partial charge in [-0.3, -0.25) is 4.79 Å². The Bertz CT molecular complexity index is 712. The first-order chi connectivity index (χ1) is 11.3. The van der Waals surface area contributed by atoms with E-state index in [9.17, 15) is 4.79 Å². The average molecular weight is 307 g/mol. The molecule has 1 amide bonds. The Hall–Kier alpha value is -2.94. The van der Waals surface area contributed by atoms with E-state index in [1.165, 1.54) is 19.3 Å². The van der Waals surface area contributed by atoms with Gasteiger partial charge in [0.1, 0.15) is 0 Å². The average Bonchev–Trinajstić information content (AvgIpc) is 2.63. The summed E-state index contributed by atoms with van der Waals surface area (Å²) in [5.41, 5.74) is 1.57. The van der Waals surface area contributed by atoms with Gasteiger partial charge in [-0.1, -0.05) is 0 Å². The van der Waals surface area contributed by atoms with Gasteiger partial charge in [0.2, 0.25) is 5.95 Å². The minimum absolute atomic E-state index is 0.246. The SMILES string of the molecule is N#Cc1ccc(C(=O)Nc2cnc(N3CCCCC3)nc2)cc1. The molecule has 23 heavy (non-hydrogen) atoms. The molecule has 0 bridgehead atoms. The zero-order valence-electron chi connectivity index (χ0n) is 12.7. The van der Waals surface area contributed by atoms with E-state index in [-0.39, 0.29) is 5.91 Å². The number of hydrogen-bond acceptors (Lipinski definition) is 5. The predicted molar refractivity (Wildman–Crippen MR) is 87.2 cm³/mol. The first-order valence-electron chi connectivity index (χ1n) is 7.65. The third-order valence-corrected chi connectivity index (χ3v) is 3.81. The Labute approximate surface area is 134 Å². The Balaban J connectivity index is 1.65. The number of rotatable bonds is 3. The number of aromatic nitrogens is 2. The molecule has 0 saturated carbocycles. The summed E-state index contributed by atoms with van der Waals surface area (Å²) in [7, 11) is 0. The van der Waals surface area contributed by atoms with Crippen LogP contribution in [0.1, 0.15) is 35.2 Å². The van der Waals surface area contributed by atoms with Crippen molar-refractivity contribution in [1.29, 1.82) is 5.26 Å². The van der Waals surface area contributed by atoms with Crippen LogP contribution in [0.25, 0.3) is 0 Å². The Kier molecular flexibility index (Phi) is 4.48. The van der Waals surface area contributed by atoms with Crippen LogP contribution in [0, 0.1) is 11.3 Å². The number of nitrogens with zero attached hydrogens (tertiary/aromatic N) is 4. The molecule has 0 atom stereocenters. The van der Waals surface area contributed by atoms with Gasteiger partial charge in [0.15, 0.2) is 0 Å². The van der Waals surface area contributed by atoms with Crippen molar-refractivity contribution in [3.05, 3.63) is 47.8 Å². The number of piperidine rings is 1. The monoisotopic (exact) mass is 307 g/mol. The van der Waals surface area contributed by atoms with Crippen LogP contribution in [-0.4, -0.2) is 29.0 Å². The van der Waals surface area contributed by atoms with Gasteiger partial charge in [0.25, 0.3) is 5.91 Å². The second-order valence-electron chi connectivity index (χ2n) is 5.46. The van der Waals surface area contributed by atoms with E-state index in [1.54, 1.807) is 36.7 Å². The van der Waals surface area contributed by atoms with Gasteiger partial charge in [-0.15, -0.1) is 0 Å². The molecule has 6 heteroatoms. The van der Waals surface area contributed by atoms with Crippen molar-refractivity contribution >= 4 is 17.5 Å². The zero-order valence-corrected chi connectivity index (χ0v) is 12.7. The Morgan fingerprint density at radius 1 is 1.09 bits per heavy atom. The van der Waals surface area contributed by atoms with Crippen LogP contribution in [0.5, 0.6) is 0 Å². The first kappa shape index (κ1) is 15.0. The molecule has 6 nitrogen and oxygen atoms in total. The topological polar surface area (TPSA) is 81.9 Å². The highest BCUT2D eigenvalue weighted by Gasteiger charge is 2.13. The van der Waals surface area contributed by atoms with Crippen molar-refractivity contribution in [2.45, 2.75) is 19.3 Å². The number of carbonyl (C=O) groups excluding carboxylic acids is 1. The molecule has 0 aliphatic carbocycles. The van der Waals surface area contributed by atoms with Gasteiger partial charge >= 0.3 is 0 Å². The summed E-state index contributed by atoms with van der Waals surface area (Å²) in [4.78, 5) is 23.0. The molecule has 3 rings (SSSR count). The van der Waals surface area contributed by atoms with Crippen LogP contribution in [0.3, 0.4) is 0 Å². The maximum absolute atomic E-state index is 12.1. The van der Waals surface area contributed by atoms with Crippen molar-refractivity contribution < 1.29 is 4.79 Å². The Morgan fingerprint density at radius 2 is 1.74 bits per heavy atom. The van der Waals surface area contributed by atoms with Crippen molar-refractivity contribution in [2.75, 3.05) is 23.3 Å². The number of carbonyl (C=O) groups is 1. The molecular formula is C17H17N5O. The molecule has 1 saturated heterocycles. The van der Waals surface area contributed by atoms with Crippen molar-refractivity contribution in [3.8, 4) is 6.07 Å². The van der Waals surface area contributed by atoms with Crippen LogP contribution in [0.2, 0.25) is 0 Å². The number of benzene rings is 1. The van der Waals surface area contributed by atoms with Crippen LogP contribution in [-0.2, 0) is 0 Å². The maximum atomic E-state index is 12.1. The van der Waals surface area contributed by atoms with Gasteiger partial charge in [-0.25, -0.2) is 9.97 Å². The standard InChI is InChI=1S/C17H17N5O/c18-10-13-4-6-14(7-5-13)16(23)21-15-11-19-17(20-12-15)22-8-2-1-3-9-22/h4-7,11-12H,1-3,8-9H2,(H,21,23). The highest BCUT2D eigenvalue weighted by Crippen LogP contribution is 2.16. The highest BCUT2D eigenvalue weighted by molar-refractivity contribution is 6.04. The van der Waals surface area contributed by atoms with E-state index < -0.39 is 0 Å². The van der Waals surface area contributed by atoms with Gasteiger partial charge in [0, 0.05) is 18.7 Å². The molecule has 2 aromatic rings. The summed E-state index contributed by atoms with van der Waals surface area (Å²) in [6, 6.07) is 8.50. The van der Waals surface area contributed by atoms with Crippen molar-refractivity contribution in [1.82, 2.24) is 9.97 Å². The van der Waals surface area contributed by atoms with Gasteiger partial charge in [0.05, 0.1) is 29.7 Å². The molecule has 0 spiro atoms. The summed E-state index contributed by atoms with van der Waals surface area (Å²) in [6.45, 7) is 1.97. The third kappa shape index (κ3) is 3.64. The first-order valence-corrected chi connectivity index (χ1v) is 7.65. The fourth-order valence-electron chi connectivity index (χ4n) is 2.54. The molecule has 1 aromatic heterocycles. The maximum Gasteiger partial charge on any atom is 0.255 e. The lowest BCUT2D eigenvalue weighted by molar-refractivity contribution is 0.102. The van der Waals surface area contributed by atoms with Crippen LogP contribution in [0.15, 0.2) is 36.7 Å². The molecule has 1 fully saturated rings. The zero-order chi connectivity index (χ0) is 16.1. The van der Waals surface area contributed by atoms with E-state index >= 15 is 0 Å². The second kappa shape index (κ2) is 6.88. The third-order valence-electron chi connectivity index (χ3n) is 3.81. The largest absolute Gasteiger partial charge is 0.341 e. The molecule has 2 heterocycles. The summed E-state index contributed by atoms with van der Waals surface area (Å²) in [5, 5.41) is 11.5. The van der Waals surface area contributed by atoms with Crippen molar-refractivity contribution in [3.63, 3.8) is 0 Å². The Morgan fingerprint density at radius 3 is 2.35 bits per heavy atom. The van der Waals surface area contributed by atoms with Gasteiger partial charge in [-0.2, -0.15) is 5.26 Å². The number of anilines is 2. The molecule has 1 aliphatic heterocycles. The smallest absolute Gasteiger partial charge is 0.255 e. The van der Waals surface area contributed by atoms with E-state index in [0.717, 1.165) is 13.1 Å². The minimum atomic E-state index is -0.246. The quantitative estimate of drug-likeness (QED) is 0.942. The number of nitriles is 1. The summed E-state index contributed by atoms with van der Waals surface area (Å²) >= 11 is 0. The van der Waals surface area contributed by atoms with Crippen LogP contribution < -0.4 is 10.2 Å². The van der Waals surface area contributed by atoms with E-state index in [0.29, 0.717) is 22.8 Å². The predicted octanol–water partition coefficient (Wildman–Crippen LogP) is 2.59. The lowest BCUT2D eigenvalue weighted by atomic mass is 10.1. The van der Waals surface area contributed by atoms with E-state index in [4.69, 9.17) is 5.26 Å². The molecule has 1 aromatic carbocycles. The lowest BCUT2D eigenvalue weighted by Crippen LogP contribution is -2.30. The van der Waals surface area contributed by atoms with E-state index in [1.807, 2.05) is 6.07 Å². The van der Waals surface area contributed by atoms with E-state index in [2.05, 4.69) is 20.2 Å². The van der Waals surface area contributed by atoms with Gasteiger partial charge in [-0.05, 0) is 43.5 Å². The van der Waals surface area contributed by atoms with Crippen LogP contribution in [0.4, 0.5) is 11.6 Å². The fourth-order valence-corrected chi connectivity index (χ4v) is 2.54. The summed E-state index contributed by atoms with van der Waals surface area (Å²) in [6.07, 6.45) is 6.84. The number of amides is 1. The molecule has 116 valence electrons. The highest BCUT2D eigenvalue weighted by atomic mass is 16.1. The lowest BCUT2D eigenvalue weighted by Gasteiger charge is -2.26. The molecular weight excluding hydrogens is 290 g/mol. The molecule has 0 radical (unpaired) electrons. The van der Waals surface area contributed by atoms with Crippen LogP contribution >= 0.6 is 0 Å². The molecule has 0 unspecified atom stereocenters. The minimum Gasteiger partial charge on any atom is -0.341 e. The molecule has 1 aliphatic rings. The summed E-state index contributed by atoms with van der Waals surface area (Å²) in [5.74, 6) is 0.463. The summed E-state index contributed by atoms with van der Waals surface area (Å²) < 4.78 is 0. The second-order valence-corrected chi connectivity index (χ2v) is 5.46. The normalized spacial score (nSPS) is 14.1. The fraction of sp³-hybridized carbons (Fsp3) is 0.294.